The van der Waals surface area contributed by atoms with Crippen molar-refractivity contribution in [2.24, 2.45) is 0 Å². The SMILES string of the molecule is CCOc1ccc(S(=O)(=O)N(C)CC(=O)Nc2cc(Cl)ccc2OC)cc1. The number of methoxy groups -OCH3 is 1. The van der Waals surface area contributed by atoms with Gasteiger partial charge in [-0.25, -0.2) is 8.42 Å². The van der Waals surface area contributed by atoms with Crippen LogP contribution in [0, 0.1) is 0 Å². The largest absolute Gasteiger partial charge is 0.495 e. The van der Waals surface area contributed by atoms with Crippen LogP contribution in [0.25, 0.3) is 0 Å². The average molecular weight is 413 g/mol. The zero-order valence-electron chi connectivity index (χ0n) is 15.2. The highest BCUT2D eigenvalue weighted by atomic mass is 35.5. The maximum atomic E-state index is 12.6. The number of nitrogens with zero attached hydrogens (tertiary/aromatic N) is 1. The van der Waals surface area contributed by atoms with Crippen LogP contribution in [0.3, 0.4) is 0 Å². The third-order valence-electron chi connectivity index (χ3n) is 3.64. The zero-order valence-corrected chi connectivity index (χ0v) is 16.8. The van der Waals surface area contributed by atoms with Crippen LogP contribution in [0.2, 0.25) is 5.02 Å². The monoisotopic (exact) mass is 412 g/mol. The second-order valence-corrected chi connectivity index (χ2v) is 8.04. The van der Waals surface area contributed by atoms with Crippen molar-refractivity contribution in [2.45, 2.75) is 11.8 Å². The summed E-state index contributed by atoms with van der Waals surface area (Å²) in [5.41, 5.74) is 0.363. The molecule has 2 aromatic rings. The minimum atomic E-state index is -3.82. The van der Waals surface area contributed by atoms with Crippen molar-refractivity contribution in [3.63, 3.8) is 0 Å². The molecule has 0 unspecified atom stereocenters. The van der Waals surface area contributed by atoms with Gasteiger partial charge in [0.05, 0.1) is 30.8 Å². The predicted molar refractivity (Wildman–Crippen MR) is 104 cm³/mol. The van der Waals surface area contributed by atoms with Gasteiger partial charge in [-0.2, -0.15) is 4.31 Å². The molecule has 0 spiro atoms. The fraction of sp³-hybridized carbons (Fsp3) is 0.278. The van der Waals surface area contributed by atoms with Gasteiger partial charge in [0.25, 0.3) is 0 Å². The van der Waals surface area contributed by atoms with Crippen molar-refractivity contribution in [1.29, 1.82) is 0 Å². The summed E-state index contributed by atoms with van der Waals surface area (Å²) in [4.78, 5) is 12.4. The van der Waals surface area contributed by atoms with Crippen molar-refractivity contribution in [3.05, 3.63) is 47.5 Å². The maximum Gasteiger partial charge on any atom is 0.243 e. The lowest BCUT2D eigenvalue weighted by atomic mass is 10.3. The van der Waals surface area contributed by atoms with Crippen LogP contribution in [0.5, 0.6) is 11.5 Å². The Morgan fingerprint density at radius 1 is 1.19 bits per heavy atom. The fourth-order valence-corrected chi connectivity index (χ4v) is 3.61. The molecule has 0 bridgehead atoms. The molecular weight excluding hydrogens is 392 g/mol. The Morgan fingerprint density at radius 2 is 1.85 bits per heavy atom. The molecule has 0 aliphatic rings. The van der Waals surface area contributed by atoms with Crippen molar-refractivity contribution < 1.29 is 22.7 Å². The molecule has 0 saturated heterocycles. The second kappa shape index (κ2) is 9.07. The van der Waals surface area contributed by atoms with Crippen molar-refractivity contribution >= 4 is 33.2 Å². The van der Waals surface area contributed by atoms with E-state index in [0.717, 1.165) is 4.31 Å². The lowest BCUT2D eigenvalue weighted by molar-refractivity contribution is -0.116. The molecule has 0 fully saturated rings. The molecule has 2 rings (SSSR count). The van der Waals surface area contributed by atoms with Gasteiger partial charge in [0.2, 0.25) is 15.9 Å². The standard InChI is InChI=1S/C18H21ClN2O5S/c1-4-26-14-6-8-15(9-7-14)27(23,24)21(2)12-18(22)20-16-11-13(19)5-10-17(16)25-3/h5-11H,4,12H2,1-3H3,(H,20,22). The first-order valence-corrected chi connectivity index (χ1v) is 9.92. The van der Waals surface area contributed by atoms with Gasteiger partial charge in [0.15, 0.2) is 0 Å². The number of likely N-dealkylation sites (N-methyl/N-ethyl adjacent to an activating group) is 1. The molecule has 1 N–H and O–H groups in total. The Morgan fingerprint density at radius 3 is 2.44 bits per heavy atom. The van der Waals surface area contributed by atoms with E-state index >= 15 is 0 Å². The van der Waals surface area contributed by atoms with Gasteiger partial charge >= 0.3 is 0 Å². The molecule has 0 aliphatic carbocycles. The number of rotatable bonds is 8. The number of anilines is 1. The molecule has 146 valence electrons. The van der Waals surface area contributed by atoms with Crippen molar-refractivity contribution in [3.8, 4) is 11.5 Å². The van der Waals surface area contributed by atoms with Gasteiger partial charge in [-0.3, -0.25) is 4.79 Å². The third kappa shape index (κ3) is 5.35. The van der Waals surface area contributed by atoms with Gasteiger partial charge in [0, 0.05) is 12.1 Å². The van der Waals surface area contributed by atoms with Crippen LogP contribution in [0.4, 0.5) is 5.69 Å². The first-order chi connectivity index (χ1) is 12.8. The third-order valence-corrected chi connectivity index (χ3v) is 5.70. The molecule has 0 heterocycles. The molecule has 1 amide bonds. The normalized spacial score (nSPS) is 11.3. The Balaban J connectivity index is 2.09. The van der Waals surface area contributed by atoms with Gasteiger partial charge < -0.3 is 14.8 Å². The van der Waals surface area contributed by atoms with Gasteiger partial charge in [0.1, 0.15) is 11.5 Å². The van der Waals surface area contributed by atoms with E-state index in [1.54, 1.807) is 24.3 Å². The lowest BCUT2D eigenvalue weighted by Crippen LogP contribution is -2.35. The van der Waals surface area contributed by atoms with Crippen LogP contribution >= 0.6 is 11.6 Å². The topological polar surface area (TPSA) is 84.9 Å². The molecular formula is C18H21ClN2O5S. The molecule has 0 saturated carbocycles. The first kappa shape index (κ1) is 21.0. The van der Waals surface area contributed by atoms with Crippen LogP contribution < -0.4 is 14.8 Å². The summed E-state index contributed by atoms with van der Waals surface area (Å²) in [5.74, 6) is 0.474. The maximum absolute atomic E-state index is 12.6. The van der Waals surface area contributed by atoms with Crippen LogP contribution in [0.15, 0.2) is 47.4 Å². The summed E-state index contributed by atoms with van der Waals surface area (Å²) in [7, 11) is -1.03. The fourth-order valence-electron chi connectivity index (χ4n) is 2.31. The summed E-state index contributed by atoms with van der Waals surface area (Å²) in [6, 6.07) is 10.8. The second-order valence-electron chi connectivity index (χ2n) is 5.56. The zero-order chi connectivity index (χ0) is 20.0. The summed E-state index contributed by atoms with van der Waals surface area (Å²) in [6.07, 6.45) is 0. The smallest absolute Gasteiger partial charge is 0.243 e. The number of sulfonamides is 1. The van der Waals surface area contributed by atoms with E-state index in [-0.39, 0.29) is 11.4 Å². The summed E-state index contributed by atoms with van der Waals surface area (Å²) in [6.45, 7) is 1.95. The Kier molecular flexibility index (Phi) is 7.06. The van der Waals surface area contributed by atoms with E-state index in [2.05, 4.69) is 5.32 Å². The molecule has 0 radical (unpaired) electrons. The number of carbonyl (C=O) groups is 1. The van der Waals surface area contributed by atoms with E-state index < -0.39 is 15.9 Å². The number of hydrogen-bond donors (Lipinski definition) is 1. The minimum Gasteiger partial charge on any atom is -0.495 e. The van der Waals surface area contributed by atoms with Crippen molar-refractivity contribution in [2.75, 3.05) is 32.6 Å². The highest BCUT2D eigenvalue weighted by Gasteiger charge is 2.23. The van der Waals surface area contributed by atoms with Crippen molar-refractivity contribution in [1.82, 2.24) is 4.31 Å². The Bertz CT molecular complexity index is 900. The quantitative estimate of drug-likeness (QED) is 0.720. The molecule has 0 aromatic heterocycles. The van der Waals surface area contributed by atoms with Gasteiger partial charge in [-0.1, -0.05) is 11.6 Å². The van der Waals surface area contributed by atoms with E-state index in [9.17, 15) is 13.2 Å². The number of nitrogens with one attached hydrogen (secondary N) is 1. The Labute approximate surface area is 163 Å². The molecule has 0 aliphatic heterocycles. The summed E-state index contributed by atoms with van der Waals surface area (Å²) < 4.78 is 36.7. The van der Waals surface area contributed by atoms with Gasteiger partial charge in [-0.15, -0.1) is 0 Å². The lowest BCUT2D eigenvalue weighted by Gasteiger charge is -2.18. The van der Waals surface area contributed by atoms with E-state index in [1.807, 2.05) is 6.92 Å². The van der Waals surface area contributed by atoms with E-state index in [1.165, 1.54) is 32.4 Å². The predicted octanol–water partition coefficient (Wildman–Crippen LogP) is 3.01. The van der Waals surface area contributed by atoms with E-state index in [4.69, 9.17) is 21.1 Å². The van der Waals surface area contributed by atoms with Gasteiger partial charge in [-0.05, 0) is 49.4 Å². The molecule has 27 heavy (non-hydrogen) atoms. The summed E-state index contributed by atoms with van der Waals surface area (Å²) in [5, 5.41) is 3.03. The highest BCUT2D eigenvalue weighted by molar-refractivity contribution is 7.89. The van der Waals surface area contributed by atoms with E-state index in [0.29, 0.717) is 28.8 Å². The number of hydrogen-bond acceptors (Lipinski definition) is 5. The average Bonchev–Trinajstić information content (AvgIpc) is 2.62. The van der Waals surface area contributed by atoms with Crippen LogP contribution in [-0.2, 0) is 14.8 Å². The first-order valence-electron chi connectivity index (χ1n) is 8.10. The summed E-state index contributed by atoms with van der Waals surface area (Å²) >= 11 is 5.93. The minimum absolute atomic E-state index is 0.0709. The number of carbonyl (C=O) groups excluding carboxylic acids is 1. The molecule has 9 heteroatoms. The number of halogens is 1. The molecule has 0 atom stereocenters. The number of benzene rings is 2. The number of ether oxygens (including phenoxy) is 2. The molecule has 7 nitrogen and oxygen atoms in total. The Hall–Kier alpha value is -2.29. The number of amides is 1. The van der Waals surface area contributed by atoms with Crippen LogP contribution in [-0.4, -0.2) is 45.9 Å². The highest BCUT2D eigenvalue weighted by Crippen LogP contribution is 2.27. The molecule has 2 aromatic carbocycles. The van der Waals surface area contributed by atoms with Crippen LogP contribution in [0.1, 0.15) is 6.92 Å².